The fraction of sp³-hybridized carbons (Fsp3) is 0.286. The maximum absolute atomic E-state index is 13.8. The Balaban J connectivity index is 2.00. The molecule has 0 aliphatic rings. The zero-order valence-electron chi connectivity index (χ0n) is 21.4. The summed E-state index contributed by atoms with van der Waals surface area (Å²) in [4.78, 5) is 28.4. The first-order valence-electron chi connectivity index (χ1n) is 11.9. The Morgan fingerprint density at radius 2 is 1.51 bits per heavy atom. The summed E-state index contributed by atoms with van der Waals surface area (Å²) < 4.78 is 29.2. The fourth-order valence-corrected chi connectivity index (χ4v) is 5.61. The molecule has 0 spiro atoms. The van der Waals surface area contributed by atoms with Crippen LogP contribution in [0, 0.1) is 0 Å². The van der Waals surface area contributed by atoms with Gasteiger partial charge in [-0.1, -0.05) is 64.5 Å². The lowest BCUT2D eigenvalue weighted by Crippen LogP contribution is -2.54. The van der Waals surface area contributed by atoms with Crippen molar-refractivity contribution in [3.63, 3.8) is 0 Å². The molecular formula is C28H32BrN3O4S. The fourth-order valence-electron chi connectivity index (χ4n) is 3.73. The van der Waals surface area contributed by atoms with Gasteiger partial charge in [0.25, 0.3) is 10.0 Å². The molecule has 0 saturated carbocycles. The molecule has 7 nitrogen and oxygen atoms in total. The number of hydrogen-bond donors (Lipinski definition) is 1. The Labute approximate surface area is 227 Å². The molecule has 9 heteroatoms. The van der Waals surface area contributed by atoms with E-state index in [1.807, 2.05) is 45.0 Å². The lowest BCUT2D eigenvalue weighted by molar-refractivity contribution is -0.140. The molecule has 2 amide bonds. The highest BCUT2D eigenvalue weighted by Gasteiger charge is 2.33. The van der Waals surface area contributed by atoms with Crippen molar-refractivity contribution < 1.29 is 18.0 Å². The van der Waals surface area contributed by atoms with Crippen LogP contribution in [0.3, 0.4) is 0 Å². The van der Waals surface area contributed by atoms with Crippen molar-refractivity contribution in [3.8, 4) is 0 Å². The Morgan fingerprint density at radius 1 is 0.919 bits per heavy atom. The number of para-hydroxylation sites is 1. The Bertz CT molecular complexity index is 1330. The third-order valence-electron chi connectivity index (χ3n) is 5.56. The topological polar surface area (TPSA) is 86.8 Å². The molecule has 3 rings (SSSR count). The summed E-state index contributed by atoms with van der Waals surface area (Å²) in [5.41, 5.74) is 0.659. The van der Waals surface area contributed by atoms with Gasteiger partial charge in [0.15, 0.2) is 0 Å². The molecule has 0 aromatic heterocycles. The number of benzene rings is 3. The standard InChI is InChI=1S/C28H32BrN3O4S/c1-21(27(34)30-28(2,3)4)31(19-22-12-11-13-23(29)18-22)26(33)20-32(24-14-7-5-8-15-24)37(35,36)25-16-9-6-10-17-25/h5-18,21H,19-20H2,1-4H3,(H,30,34)/t21-/m1/s1. The zero-order valence-corrected chi connectivity index (χ0v) is 23.8. The van der Waals surface area contributed by atoms with Crippen molar-refractivity contribution in [2.75, 3.05) is 10.8 Å². The maximum Gasteiger partial charge on any atom is 0.264 e. The van der Waals surface area contributed by atoms with Gasteiger partial charge in [-0.2, -0.15) is 0 Å². The van der Waals surface area contributed by atoms with E-state index < -0.39 is 34.1 Å². The molecule has 0 aliphatic carbocycles. The van der Waals surface area contributed by atoms with E-state index in [2.05, 4.69) is 21.2 Å². The van der Waals surface area contributed by atoms with Gasteiger partial charge in [0, 0.05) is 16.6 Å². The number of sulfonamides is 1. The van der Waals surface area contributed by atoms with Gasteiger partial charge < -0.3 is 10.2 Å². The van der Waals surface area contributed by atoms with Crippen molar-refractivity contribution in [2.45, 2.75) is 50.7 Å². The highest BCUT2D eigenvalue weighted by molar-refractivity contribution is 9.10. The number of anilines is 1. The van der Waals surface area contributed by atoms with Crippen LogP contribution in [0.15, 0.2) is 94.3 Å². The van der Waals surface area contributed by atoms with E-state index in [0.29, 0.717) is 5.69 Å². The number of nitrogens with one attached hydrogen (secondary N) is 1. The minimum atomic E-state index is -4.06. The number of halogens is 1. The number of nitrogens with zero attached hydrogens (tertiary/aromatic N) is 2. The van der Waals surface area contributed by atoms with E-state index in [0.717, 1.165) is 14.3 Å². The summed E-state index contributed by atoms with van der Waals surface area (Å²) in [5.74, 6) is -0.826. The van der Waals surface area contributed by atoms with Crippen molar-refractivity contribution in [1.29, 1.82) is 0 Å². The molecule has 0 bridgehead atoms. The SMILES string of the molecule is C[C@H](C(=O)NC(C)(C)C)N(Cc1cccc(Br)c1)C(=O)CN(c1ccccc1)S(=O)(=O)c1ccccc1. The van der Waals surface area contributed by atoms with Gasteiger partial charge in [0.2, 0.25) is 11.8 Å². The summed E-state index contributed by atoms with van der Waals surface area (Å²) in [5, 5.41) is 2.92. The number of carbonyl (C=O) groups is 2. The van der Waals surface area contributed by atoms with E-state index in [1.54, 1.807) is 55.5 Å². The first kappa shape index (κ1) is 28.4. The van der Waals surface area contributed by atoms with Gasteiger partial charge in [-0.05, 0) is 69.7 Å². The van der Waals surface area contributed by atoms with Crippen molar-refractivity contribution in [3.05, 3.63) is 95.0 Å². The highest BCUT2D eigenvalue weighted by atomic mass is 79.9. The molecule has 37 heavy (non-hydrogen) atoms. The van der Waals surface area contributed by atoms with Gasteiger partial charge >= 0.3 is 0 Å². The second-order valence-corrected chi connectivity index (χ2v) is 12.5. The quantitative estimate of drug-likeness (QED) is 0.384. The van der Waals surface area contributed by atoms with Crippen LogP contribution in [0.4, 0.5) is 5.69 Å². The number of hydrogen-bond acceptors (Lipinski definition) is 4. The monoisotopic (exact) mass is 585 g/mol. The smallest absolute Gasteiger partial charge is 0.264 e. The summed E-state index contributed by atoms with van der Waals surface area (Å²) in [6.45, 7) is 6.90. The maximum atomic E-state index is 13.8. The Kier molecular flexibility index (Phi) is 9.15. The van der Waals surface area contributed by atoms with Gasteiger partial charge in [0.1, 0.15) is 12.6 Å². The number of carbonyl (C=O) groups excluding carboxylic acids is 2. The lowest BCUT2D eigenvalue weighted by atomic mass is 10.1. The molecule has 0 saturated heterocycles. The number of rotatable bonds is 9. The summed E-state index contributed by atoms with van der Waals surface area (Å²) >= 11 is 3.45. The van der Waals surface area contributed by atoms with E-state index in [4.69, 9.17) is 0 Å². The largest absolute Gasteiger partial charge is 0.350 e. The van der Waals surface area contributed by atoms with E-state index >= 15 is 0 Å². The van der Waals surface area contributed by atoms with Crippen LogP contribution in [-0.2, 0) is 26.2 Å². The van der Waals surface area contributed by atoms with Crippen LogP contribution in [0.1, 0.15) is 33.3 Å². The minimum absolute atomic E-state index is 0.0729. The second kappa shape index (κ2) is 11.9. The van der Waals surface area contributed by atoms with Crippen molar-refractivity contribution >= 4 is 43.5 Å². The molecule has 0 radical (unpaired) electrons. The normalized spacial score (nSPS) is 12.5. The predicted molar refractivity (Wildman–Crippen MR) is 149 cm³/mol. The predicted octanol–water partition coefficient (Wildman–Crippen LogP) is 4.98. The summed E-state index contributed by atoms with van der Waals surface area (Å²) in [7, 11) is -4.06. The van der Waals surface area contributed by atoms with Crippen LogP contribution in [0.5, 0.6) is 0 Å². The Morgan fingerprint density at radius 3 is 2.08 bits per heavy atom. The Hall–Kier alpha value is -3.17. The van der Waals surface area contributed by atoms with Crippen LogP contribution < -0.4 is 9.62 Å². The molecule has 0 heterocycles. The van der Waals surface area contributed by atoms with Crippen LogP contribution >= 0.6 is 15.9 Å². The van der Waals surface area contributed by atoms with E-state index in [9.17, 15) is 18.0 Å². The third-order valence-corrected chi connectivity index (χ3v) is 7.84. The van der Waals surface area contributed by atoms with Crippen LogP contribution in [0.25, 0.3) is 0 Å². The van der Waals surface area contributed by atoms with E-state index in [-0.39, 0.29) is 17.3 Å². The summed E-state index contributed by atoms with van der Waals surface area (Å²) in [6.07, 6.45) is 0. The molecule has 0 unspecified atom stereocenters. The van der Waals surface area contributed by atoms with Gasteiger partial charge in [-0.15, -0.1) is 0 Å². The molecule has 1 N–H and O–H groups in total. The average Bonchev–Trinajstić information content (AvgIpc) is 2.85. The molecule has 1 atom stereocenters. The molecular weight excluding hydrogens is 554 g/mol. The molecule has 0 aliphatic heterocycles. The minimum Gasteiger partial charge on any atom is -0.350 e. The highest BCUT2D eigenvalue weighted by Crippen LogP contribution is 2.24. The second-order valence-electron chi connectivity index (χ2n) is 9.73. The molecule has 196 valence electrons. The van der Waals surface area contributed by atoms with Gasteiger partial charge in [-0.3, -0.25) is 13.9 Å². The first-order valence-corrected chi connectivity index (χ1v) is 14.1. The molecule has 3 aromatic rings. The molecule has 0 fully saturated rings. The van der Waals surface area contributed by atoms with Crippen molar-refractivity contribution in [1.82, 2.24) is 10.2 Å². The first-order chi connectivity index (χ1) is 17.4. The van der Waals surface area contributed by atoms with Crippen LogP contribution in [-0.4, -0.2) is 43.3 Å². The summed E-state index contributed by atoms with van der Waals surface area (Å²) in [6, 6.07) is 23.1. The third kappa shape index (κ3) is 7.66. The van der Waals surface area contributed by atoms with Crippen molar-refractivity contribution in [2.24, 2.45) is 0 Å². The van der Waals surface area contributed by atoms with E-state index in [1.165, 1.54) is 17.0 Å². The van der Waals surface area contributed by atoms with Gasteiger partial charge in [-0.25, -0.2) is 8.42 Å². The number of amides is 2. The van der Waals surface area contributed by atoms with Crippen LogP contribution in [0.2, 0.25) is 0 Å². The zero-order chi connectivity index (χ0) is 27.2. The lowest BCUT2D eigenvalue weighted by Gasteiger charge is -2.33. The average molecular weight is 587 g/mol. The molecule has 3 aromatic carbocycles. The van der Waals surface area contributed by atoms with Gasteiger partial charge in [0.05, 0.1) is 10.6 Å².